The fourth-order valence-electron chi connectivity index (χ4n) is 5.88. The van der Waals surface area contributed by atoms with Crippen LogP contribution < -0.4 is 0 Å². The molecule has 3 heteroatoms. The Morgan fingerprint density at radius 2 is 1.24 bits per heavy atom. The summed E-state index contributed by atoms with van der Waals surface area (Å²) in [5.41, 5.74) is 16.9. The van der Waals surface area contributed by atoms with Gasteiger partial charge in [-0.2, -0.15) is 0 Å². The summed E-state index contributed by atoms with van der Waals surface area (Å²) in [5, 5.41) is 0. The van der Waals surface area contributed by atoms with Crippen molar-refractivity contribution in [3.63, 3.8) is 0 Å². The van der Waals surface area contributed by atoms with Gasteiger partial charge in [0.15, 0.2) is 0 Å². The van der Waals surface area contributed by atoms with E-state index in [1.54, 1.807) is 0 Å². The van der Waals surface area contributed by atoms with Crippen molar-refractivity contribution in [2.45, 2.75) is 36.7 Å². The van der Waals surface area contributed by atoms with E-state index in [2.05, 4.69) is 86.6 Å². The maximum absolute atomic E-state index is 6.94. The van der Waals surface area contributed by atoms with E-state index in [0.717, 1.165) is 19.3 Å². The third-order valence-electron chi connectivity index (χ3n) is 7.58. The van der Waals surface area contributed by atoms with E-state index in [1.165, 1.54) is 66.8 Å². The Labute approximate surface area is 211 Å². The van der Waals surface area contributed by atoms with Crippen molar-refractivity contribution in [3.05, 3.63) is 117 Å². The number of hydrogen-bond acceptors (Lipinski definition) is 0. The summed E-state index contributed by atoms with van der Waals surface area (Å²) in [6, 6.07) is 26.9. The van der Waals surface area contributed by atoms with Crippen LogP contribution in [0, 0.1) is 13.8 Å². The van der Waals surface area contributed by atoms with Gasteiger partial charge in [0, 0.05) is 0 Å². The van der Waals surface area contributed by atoms with Gasteiger partial charge >= 0.3 is 213 Å². The maximum atomic E-state index is 6.94. The molecule has 1 unspecified atom stereocenters. The second-order valence-corrected chi connectivity index (χ2v) is 18.5. The van der Waals surface area contributed by atoms with Crippen LogP contribution in [0.2, 0.25) is 0 Å². The second kappa shape index (κ2) is 8.53. The molecule has 0 heterocycles. The number of benzene rings is 4. The molecular weight excluding hydrogens is 522 g/mol. The third-order valence-corrected chi connectivity index (χ3v) is 13.3. The van der Waals surface area contributed by atoms with Crippen molar-refractivity contribution in [3.8, 4) is 22.3 Å². The summed E-state index contributed by atoms with van der Waals surface area (Å²) in [6.07, 6.45) is 2.95. The van der Waals surface area contributed by atoms with Crippen molar-refractivity contribution in [1.29, 1.82) is 0 Å². The van der Waals surface area contributed by atoms with Crippen LogP contribution >= 0.6 is 17.0 Å². The molecule has 0 N–H and O–H groups in total. The first-order valence-electron chi connectivity index (χ1n) is 11.6. The summed E-state index contributed by atoms with van der Waals surface area (Å²) in [6.45, 7) is 4.47. The Morgan fingerprint density at radius 3 is 1.88 bits per heavy atom. The summed E-state index contributed by atoms with van der Waals surface area (Å²) in [5.74, 6) is 0. The van der Waals surface area contributed by atoms with E-state index in [9.17, 15) is 0 Å². The van der Waals surface area contributed by atoms with Crippen LogP contribution in [0.15, 0.2) is 72.8 Å². The fraction of sp³-hybridized carbons (Fsp3) is 0.200. The summed E-state index contributed by atoms with van der Waals surface area (Å²) < 4.78 is 0.218. The molecule has 163 valence electrons. The van der Waals surface area contributed by atoms with Crippen molar-refractivity contribution >= 4 is 17.0 Å². The molecule has 0 saturated carbocycles. The van der Waals surface area contributed by atoms with Crippen molar-refractivity contribution in [2.75, 3.05) is 0 Å². The van der Waals surface area contributed by atoms with Gasteiger partial charge in [0.25, 0.3) is 0 Å². The van der Waals surface area contributed by atoms with Gasteiger partial charge in [-0.15, -0.1) is 0 Å². The zero-order valence-corrected chi connectivity index (χ0v) is 22.9. The first-order valence-corrected chi connectivity index (χ1v) is 19.4. The Bertz CT molecular complexity index is 1400. The summed E-state index contributed by atoms with van der Waals surface area (Å²) in [7, 11) is 13.9. The minimum atomic E-state index is -2.67. The zero-order valence-electron chi connectivity index (χ0n) is 18.9. The molecule has 0 aliphatic heterocycles. The topological polar surface area (TPSA) is 0 Å². The van der Waals surface area contributed by atoms with Crippen molar-refractivity contribution in [2.24, 2.45) is 0 Å². The number of halogens is 2. The zero-order chi connectivity index (χ0) is 22.7. The standard InChI is InChI=1S/C30H25.2ClH.Zr/c1-19-11-13-21(29-25-9-5-3-7-23(25)17-27(19)29)15-16-22-14-12-20(2)28-18-24-8-4-6-10-26(24)30(22)28;;;/h3-15H,16-18H2,1-2H3;2*1H;/q;;;+2/p-2. The first kappa shape index (κ1) is 21.8. The average molecular weight is 548 g/mol. The molecule has 0 bridgehead atoms. The Kier molecular flexibility index (Phi) is 5.65. The van der Waals surface area contributed by atoms with Gasteiger partial charge in [0.1, 0.15) is 0 Å². The van der Waals surface area contributed by atoms with Gasteiger partial charge in [0.05, 0.1) is 0 Å². The van der Waals surface area contributed by atoms with Gasteiger partial charge < -0.3 is 0 Å². The number of hydrogen-bond donors (Lipinski definition) is 0. The van der Waals surface area contributed by atoms with Gasteiger partial charge in [-0.1, -0.05) is 0 Å². The quantitative estimate of drug-likeness (QED) is 0.207. The average Bonchev–Trinajstić information content (AvgIpc) is 3.40. The van der Waals surface area contributed by atoms with Gasteiger partial charge in [-0.05, 0) is 0 Å². The first-order chi connectivity index (χ1) is 16.0. The fourth-order valence-corrected chi connectivity index (χ4v) is 10.3. The van der Waals surface area contributed by atoms with Crippen LogP contribution in [0.25, 0.3) is 22.3 Å². The summed E-state index contributed by atoms with van der Waals surface area (Å²) in [4.78, 5) is 0. The molecule has 0 saturated heterocycles. The number of aryl methyl sites for hydroxylation is 2. The van der Waals surface area contributed by atoms with E-state index in [1.807, 2.05) is 0 Å². The van der Waals surface area contributed by atoms with Crippen molar-refractivity contribution < 1.29 is 19.4 Å². The van der Waals surface area contributed by atoms with Gasteiger partial charge in [-0.3, -0.25) is 0 Å². The van der Waals surface area contributed by atoms with E-state index < -0.39 is 19.4 Å². The molecule has 4 aromatic carbocycles. The molecule has 2 aliphatic rings. The molecule has 2 aliphatic carbocycles. The minimum absolute atomic E-state index is 0.218. The third kappa shape index (κ3) is 3.60. The SMILES string of the molecule is Cc1ccc(C[CH](c2ccc(C)c3c2-c2ccccc2C3)[Zr]([Cl])[Cl])c2c1Cc1ccccc1-2. The molecule has 33 heavy (non-hydrogen) atoms. The second-order valence-electron chi connectivity index (χ2n) is 9.43. The van der Waals surface area contributed by atoms with Gasteiger partial charge in [-0.25, -0.2) is 0 Å². The van der Waals surface area contributed by atoms with Crippen LogP contribution in [0.4, 0.5) is 0 Å². The Balaban J connectivity index is 1.50. The predicted molar refractivity (Wildman–Crippen MR) is 137 cm³/mol. The monoisotopic (exact) mass is 545 g/mol. The van der Waals surface area contributed by atoms with E-state index >= 15 is 0 Å². The molecule has 0 radical (unpaired) electrons. The number of fused-ring (bicyclic) bond motifs is 6. The van der Waals surface area contributed by atoms with Gasteiger partial charge in [0.2, 0.25) is 0 Å². The number of rotatable bonds is 4. The van der Waals surface area contributed by atoms with Crippen LogP contribution in [0.1, 0.15) is 48.1 Å². The molecule has 6 rings (SSSR count). The molecule has 0 spiro atoms. The summed E-state index contributed by atoms with van der Waals surface area (Å²) >= 11 is -2.67. The molecule has 4 aromatic rings. The Hall–Kier alpha value is -1.66. The Morgan fingerprint density at radius 1 is 0.697 bits per heavy atom. The van der Waals surface area contributed by atoms with Crippen molar-refractivity contribution in [1.82, 2.24) is 0 Å². The molecular formula is C30H25Cl2Zr. The van der Waals surface area contributed by atoms with Crippen LogP contribution in [-0.2, 0) is 38.6 Å². The molecule has 1 atom stereocenters. The van der Waals surface area contributed by atoms with Crippen LogP contribution in [0.5, 0.6) is 0 Å². The van der Waals surface area contributed by atoms with E-state index in [0.29, 0.717) is 0 Å². The molecule has 0 nitrogen and oxygen atoms in total. The van der Waals surface area contributed by atoms with E-state index in [-0.39, 0.29) is 3.63 Å². The molecule has 0 amide bonds. The van der Waals surface area contributed by atoms with Crippen LogP contribution in [0.3, 0.4) is 0 Å². The van der Waals surface area contributed by atoms with E-state index in [4.69, 9.17) is 17.0 Å². The van der Waals surface area contributed by atoms with Crippen LogP contribution in [-0.4, -0.2) is 0 Å². The normalized spacial score (nSPS) is 13.8. The predicted octanol–water partition coefficient (Wildman–Crippen LogP) is 8.66. The molecule has 0 aromatic heterocycles. The molecule has 0 fully saturated rings.